The maximum atomic E-state index is 12.7. The minimum absolute atomic E-state index is 0.102. The molecule has 142 valence electrons. The molecule has 3 aliphatic heterocycles. The van der Waals surface area contributed by atoms with Gasteiger partial charge in [0.25, 0.3) is 0 Å². The molecule has 3 aliphatic rings. The number of carbonyl (C=O) groups excluding carboxylic acids is 1. The number of amides is 1. The van der Waals surface area contributed by atoms with Crippen LogP contribution in [0.15, 0.2) is 18.5 Å². The molecule has 0 radical (unpaired) electrons. The lowest BCUT2D eigenvalue weighted by Gasteiger charge is -2.44. The van der Waals surface area contributed by atoms with Crippen LogP contribution in [0.25, 0.3) is 0 Å². The molecule has 1 aromatic rings. The fourth-order valence-electron chi connectivity index (χ4n) is 4.33. The lowest BCUT2D eigenvalue weighted by Crippen LogP contribution is -2.61. The van der Waals surface area contributed by atoms with Gasteiger partial charge >= 0.3 is 0 Å². The number of anilines is 1. The van der Waals surface area contributed by atoms with E-state index in [0.29, 0.717) is 25.6 Å². The molecule has 3 saturated heterocycles. The van der Waals surface area contributed by atoms with Gasteiger partial charge in [-0.1, -0.05) is 0 Å². The molecule has 26 heavy (non-hydrogen) atoms. The highest BCUT2D eigenvalue weighted by molar-refractivity contribution is 7.91. The quantitative estimate of drug-likeness (QED) is 0.717. The number of hydrogen-bond acceptors (Lipinski definition) is 7. The minimum Gasteiger partial charge on any atom is -0.342 e. The van der Waals surface area contributed by atoms with Crippen LogP contribution in [-0.4, -0.2) is 90.4 Å². The molecule has 8 nitrogen and oxygen atoms in total. The van der Waals surface area contributed by atoms with E-state index in [9.17, 15) is 13.2 Å². The van der Waals surface area contributed by atoms with Crippen molar-refractivity contribution in [2.24, 2.45) is 0 Å². The number of fused-ring (bicyclic) bond motifs is 1. The van der Waals surface area contributed by atoms with Gasteiger partial charge in [-0.3, -0.25) is 9.69 Å². The molecule has 9 heteroatoms. The van der Waals surface area contributed by atoms with E-state index in [1.54, 1.807) is 18.5 Å². The smallest absolute Gasteiger partial charge is 0.236 e. The van der Waals surface area contributed by atoms with E-state index in [1.807, 2.05) is 9.80 Å². The van der Waals surface area contributed by atoms with Crippen molar-refractivity contribution < 1.29 is 13.2 Å². The fraction of sp³-hybridized carbons (Fsp3) is 0.706. The Labute approximate surface area is 154 Å². The number of piperidine rings is 1. The number of carbonyl (C=O) groups is 1. The van der Waals surface area contributed by atoms with Gasteiger partial charge in [0, 0.05) is 44.6 Å². The third-order valence-electron chi connectivity index (χ3n) is 5.65. The molecule has 4 rings (SSSR count). The Kier molecular flexibility index (Phi) is 4.83. The Morgan fingerprint density at radius 1 is 1.00 bits per heavy atom. The normalized spacial score (nSPS) is 28.8. The SMILES string of the molecule is O=C(CN1CCN(c2ncccn2)C2CS(=O)(=O)CC21)N1CCCCC1. The lowest BCUT2D eigenvalue weighted by atomic mass is 10.0. The van der Waals surface area contributed by atoms with Crippen LogP contribution >= 0.6 is 0 Å². The summed E-state index contributed by atoms with van der Waals surface area (Å²) < 4.78 is 24.6. The van der Waals surface area contributed by atoms with Crippen LogP contribution in [-0.2, 0) is 14.6 Å². The van der Waals surface area contributed by atoms with E-state index in [4.69, 9.17) is 0 Å². The zero-order valence-electron chi connectivity index (χ0n) is 14.8. The molecular formula is C17H25N5O3S. The minimum atomic E-state index is -3.13. The highest BCUT2D eigenvalue weighted by Crippen LogP contribution is 2.29. The van der Waals surface area contributed by atoms with Gasteiger partial charge in [0.2, 0.25) is 11.9 Å². The van der Waals surface area contributed by atoms with Gasteiger partial charge in [-0.15, -0.1) is 0 Å². The van der Waals surface area contributed by atoms with Crippen LogP contribution in [0.1, 0.15) is 19.3 Å². The first-order valence-electron chi connectivity index (χ1n) is 9.29. The second-order valence-corrected chi connectivity index (χ2v) is 9.52. The van der Waals surface area contributed by atoms with Gasteiger partial charge in [-0.25, -0.2) is 18.4 Å². The van der Waals surface area contributed by atoms with Crippen LogP contribution in [0.3, 0.4) is 0 Å². The van der Waals surface area contributed by atoms with E-state index >= 15 is 0 Å². The lowest BCUT2D eigenvalue weighted by molar-refractivity contribution is -0.134. The van der Waals surface area contributed by atoms with Crippen LogP contribution in [0, 0.1) is 0 Å². The van der Waals surface area contributed by atoms with Crippen molar-refractivity contribution >= 4 is 21.7 Å². The molecule has 0 saturated carbocycles. The number of aromatic nitrogens is 2. The van der Waals surface area contributed by atoms with E-state index in [2.05, 4.69) is 14.9 Å². The average Bonchev–Trinajstić information content (AvgIpc) is 2.99. The summed E-state index contributed by atoms with van der Waals surface area (Å²) in [6, 6.07) is 1.39. The molecule has 2 atom stereocenters. The summed E-state index contributed by atoms with van der Waals surface area (Å²) in [5.74, 6) is 0.900. The van der Waals surface area contributed by atoms with E-state index in [0.717, 1.165) is 25.9 Å². The van der Waals surface area contributed by atoms with Gasteiger partial charge in [0.05, 0.1) is 24.1 Å². The van der Waals surface area contributed by atoms with Gasteiger partial charge < -0.3 is 9.80 Å². The molecule has 2 unspecified atom stereocenters. The summed E-state index contributed by atoms with van der Waals surface area (Å²) in [5.41, 5.74) is 0. The predicted molar refractivity (Wildman–Crippen MR) is 97.6 cm³/mol. The Morgan fingerprint density at radius 3 is 2.42 bits per heavy atom. The summed E-state index contributed by atoms with van der Waals surface area (Å²) in [4.78, 5) is 27.2. The number of nitrogens with zero attached hydrogens (tertiary/aromatic N) is 5. The van der Waals surface area contributed by atoms with Crippen molar-refractivity contribution in [3.63, 3.8) is 0 Å². The molecule has 1 aromatic heterocycles. The molecular weight excluding hydrogens is 354 g/mol. The Balaban J connectivity index is 1.51. The first kappa shape index (κ1) is 17.7. The molecule has 0 aliphatic carbocycles. The van der Waals surface area contributed by atoms with Crippen molar-refractivity contribution in [2.45, 2.75) is 31.3 Å². The second kappa shape index (κ2) is 7.11. The zero-order valence-corrected chi connectivity index (χ0v) is 15.6. The maximum absolute atomic E-state index is 12.7. The van der Waals surface area contributed by atoms with Crippen LogP contribution in [0.5, 0.6) is 0 Å². The molecule has 0 N–H and O–H groups in total. The van der Waals surface area contributed by atoms with Gasteiger partial charge in [-0.2, -0.15) is 0 Å². The highest BCUT2D eigenvalue weighted by atomic mass is 32.2. The molecule has 0 spiro atoms. The van der Waals surface area contributed by atoms with Crippen LogP contribution in [0.2, 0.25) is 0 Å². The van der Waals surface area contributed by atoms with Crippen molar-refractivity contribution in [1.82, 2.24) is 19.8 Å². The van der Waals surface area contributed by atoms with Gasteiger partial charge in [-0.05, 0) is 25.3 Å². The Morgan fingerprint density at radius 2 is 1.69 bits per heavy atom. The fourth-order valence-corrected chi connectivity index (χ4v) is 6.34. The predicted octanol–water partition coefficient (Wildman–Crippen LogP) is -0.223. The summed E-state index contributed by atoms with van der Waals surface area (Å²) in [7, 11) is -3.13. The van der Waals surface area contributed by atoms with Crippen molar-refractivity contribution in [1.29, 1.82) is 0 Å². The number of sulfone groups is 1. The molecule has 0 aromatic carbocycles. The summed E-state index contributed by atoms with van der Waals surface area (Å²) in [5, 5.41) is 0. The number of rotatable bonds is 3. The number of piperazine rings is 1. The topological polar surface area (TPSA) is 86.7 Å². The number of hydrogen-bond donors (Lipinski definition) is 0. The van der Waals surface area contributed by atoms with Crippen molar-refractivity contribution in [3.8, 4) is 0 Å². The summed E-state index contributed by atoms with van der Waals surface area (Å²) >= 11 is 0. The second-order valence-electron chi connectivity index (χ2n) is 7.37. The number of likely N-dealkylation sites (tertiary alicyclic amines) is 1. The van der Waals surface area contributed by atoms with E-state index in [1.165, 1.54) is 6.42 Å². The largest absolute Gasteiger partial charge is 0.342 e. The zero-order chi connectivity index (χ0) is 18.1. The maximum Gasteiger partial charge on any atom is 0.236 e. The van der Waals surface area contributed by atoms with Gasteiger partial charge in [0.1, 0.15) is 0 Å². The third-order valence-corrected chi connectivity index (χ3v) is 7.35. The Hall–Kier alpha value is -1.74. The highest BCUT2D eigenvalue weighted by Gasteiger charge is 2.47. The van der Waals surface area contributed by atoms with Crippen LogP contribution in [0.4, 0.5) is 5.95 Å². The van der Waals surface area contributed by atoms with Crippen molar-refractivity contribution in [3.05, 3.63) is 18.5 Å². The first-order valence-corrected chi connectivity index (χ1v) is 11.1. The Bertz CT molecular complexity index is 751. The standard InChI is InChI=1S/C17H25N5O3S/c23-16(20-7-2-1-3-8-20)11-21-9-10-22(17-18-5-4-6-19-17)15-13-26(24,25)12-14(15)21/h4-6,14-15H,1-3,7-13H2. The molecule has 4 heterocycles. The van der Waals surface area contributed by atoms with Gasteiger partial charge in [0.15, 0.2) is 9.84 Å². The average molecular weight is 379 g/mol. The summed E-state index contributed by atoms with van der Waals surface area (Å²) in [6.45, 7) is 3.23. The van der Waals surface area contributed by atoms with Crippen LogP contribution < -0.4 is 4.90 Å². The monoisotopic (exact) mass is 379 g/mol. The molecule has 0 bridgehead atoms. The van der Waals surface area contributed by atoms with Crippen molar-refractivity contribution in [2.75, 3.05) is 49.1 Å². The molecule has 3 fully saturated rings. The summed E-state index contributed by atoms with van der Waals surface area (Å²) in [6.07, 6.45) is 6.65. The first-order chi connectivity index (χ1) is 12.5. The molecule has 1 amide bonds. The van der Waals surface area contributed by atoms with E-state index < -0.39 is 9.84 Å². The third kappa shape index (κ3) is 3.55. The van der Waals surface area contributed by atoms with E-state index in [-0.39, 0.29) is 29.5 Å².